The van der Waals surface area contributed by atoms with E-state index >= 15 is 0 Å². The first-order chi connectivity index (χ1) is 8.24. The number of aromatic nitrogens is 1. The lowest BCUT2D eigenvalue weighted by Crippen LogP contribution is -1.90. The molecule has 0 saturated heterocycles. The molecule has 0 aliphatic heterocycles. The highest BCUT2D eigenvalue weighted by Gasteiger charge is 2.25. The van der Waals surface area contributed by atoms with Crippen LogP contribution in [0.15, 0.2) is 29.0 Å². The molecule has 3 rings (SSSR count). The maximum absolute atomic E-state index is 6.14. The number of hydrogen-bond donors (Lipinski definition) is 0. The monoisotopic (exact) mass is 247 g/mol. The Hall–Kier alpha value is -1.28. The molecule has 0 N–H and O–H groups in total. The third kappa shape index (κ3) is 2.22. The highest BCUT2D eigenvalue weighted by atomic mass is 35.5. The van der Waals surface area contributed by atoms with E-state index in [1.165, 1.54) is 19.2 Å². The van der Waals surface area contributed by atoms with Gasteiger partial charge in [-0.2, -0.15) is 0 Å². The summed E-state index contributed by atoms with van der Waals surface area (Å²) in [5, 5.41) is 0.774. The van der Waals surface area contributed by atoms with E-state index in [0.29, 0.717) is 0 Å². The van der Waals surface area contributed by atoms with Gasteiger partial charge in [0.05, 0.1) is 5.69 Å². The summed E-state index contributed by atoms with van der Waals surface area (Å²) in [7, 11) is 0. The van der Waals surface area contributed by atoms with E-state index in [2.05, 4.69) is 4.98 Å². The molecule has 1 aliphatic rings. The van der Waals surface area contributed by atoms with Crippen molar-refractivity contribution in [2.24, 2.45) is 5.92 Å². The summed E-state index contributed by atoms with van der Waals surface area (Å²) >= 11 is 6.14. The van der Waals surface area contributed by atoms with Gasteiger partial charge in [0.2, 0.25) is 0 Å². The van der Waals surface area contributed by atoms with Gasteiger partial charge in [-0.15, -0.1) is 0 Å². The molecular weight excluding hydrogens is 234 g/mol. The number of aryl methyl sites for hydroxylation is 1. The van der Waals surface area contributed by atoms with Crippen molar-refractivity contribution in [3.63, 3.8) is 0 Å². The maximum atomic E-state index is 6.14. The zero-order valence-electron chi connectivity index (χ0n) is 9.74. The Bertz CT molecular complexity index is 543. The molecular formula is C14H14ClNO. The van der Waals surface area contributed by atoms with Gasteiger partial charge in [-0.3, -0.25) is 0 Å². The quantitative estimate of drug-likeness (QED) is 0.810. The van der Waals surface area contributed by atoms with Crippen molar-refractivity contribution in [3.8, 4) is 11.3 Å². The summed E-state index contributed by atoms with van der Waals surface area (Å²) in [6, 6.07) is 6.01. The Balaban J connectivity index is 1.96. The largest absolute Gasteiger partial charge is 0.443 e. The molecule has 17 heavy (non-hydrogen) atoms. The van der Waals surface area contributed by atoms with Crippen LogP contribution >= 0.6 is 11.6 Å². The highest BCUT2D eigenvalue weighted by Crippen LogP contribution is 2.35. The fourth-order valence-corrected chi connectivity index (χ4v) is 2.16. The van der Waals surface area contributed by atoms with E-state index in [1.807, 2.05) is 25.1 Å². The van der Waals surface area contributed by atoms with Crippen molar-refractivity contribution in [2.75, 3.05) is 0 Å². The lowest BCUT2D eigenvalue weighted by atomic mass is 10.1. The molecule has 0 atom stereocenters. The average molecular weight is 248 g/mol. The maximum Gasteiger partial charge on any atom is 0.181 e. The van der Waals surface area contributed by atoms with Gasteiger partial charge in [-0.25, -0.2) is 4.98 Å². The highest BCUT2D eigenvalue weighted by molar-refractivity contribution is 6.31. The van der Waals surface area contributed by atoms with Crippen LogP contribution in [0.4, 0.5) is 0 Å². The zero-order chi connectivity index (χ0) is 11.8. The van der Waals surface area contributed by atoms with Gasteiger partial charge in [0, 0.05) is 10.6 Å². The minimum Gasteiger partial charge on any atom is -0.443 e. The molecule has 1 aromatic carbocycles. The van der Waals surface area contributed by atoms with E-state index in [1.54, 1.807) is 0 Å². The molecule has 1 saturated carbocycles. The van der Waals surface area contributed by atoms with Crippen LogP contribution in [0.5, 0.6) is 0 Å². The zero-order valence-corrected chi connectivity index (χ0v) is 10.5. The summed E-state index contributed by atoms with van der Waals surface area (Å²) in [6.45, 7) is 2.00. The lowest BCUT2D eigenvalue weighted by molar-refractivity contribution is 0.570. The fraction of sp³-hybridized carbons (Fsp3) is 0.357. The Kier molecular flexibility index (Phi) is 2.67. The third-order valence-electron chi connectivity index (χ3n) is 3.25. The lowest BCUT2D eigenvalue weighted by Gasteiger charge is -2.03. The van der Waals surface area contributed by atoms with Crippen molar-refractivity contribution in [3.05, 3.63) is 40.9 Å². The van der Waals surface area contributed by atoms with Gasteiger partial charge in [0.1, 0.15) is 0 Å². The molecule has 1 aromatic heterocycles. The topological polar surface area (TPSA) is 26.0 Å². The smallest absolute Gasteiger partial charge is 0.181 e. The van der Waals surface area contributed by atoms with Crippen molar-refractivity contribution in [1.82, 2.24) is 4.98 Å². The van der Waals surface area contributed by atoms with Crippen LogP contribution in [0.1, 0.15) is 24.1 Å². The molecule has 2 nitrogen and oxygen atoms in total. The standard InChI is InChI=1S/C14H14ClNO/c1-9-2-5-11(7-12(9)15)14-13(16-8-17-14)6-10-3-4-10/h2,5,7-8,10H,3-4,6H2,1H3. The van der Waals surface area contributed by atoms with Gasteiger partial charge in [-0.05, 0) is 43.7 Å². The van der Waals surface area contributed by atoms with Crippen molar-refractivity contribution in [2.45, 2.75) is 26.2 Å². The molecule has 2 aromatic rings. The predicted molar refractivity (Wildman–Crippen MR) is 68.1 cm³/mol. The van der Waals surface area contributed by atoms with E-state index < -0.39 is 0 Å². The average Bonchev–Trinajstić information content (AvgIpc) is 3.00. The van der Waals surface area contributed by atoms with Gasteiger partial charge in [-0.1, -0.05) is 23.7 Å². The van der Waals surface area contributed by atoms with E-state index in [-0.39, 0.29) is 0 Å². The second-order valence-electron chi connectivity index (χ2n) is 4.74. The minimum absolute atomic E-state index is 0.774. The second-order valence-corrected chi connectivity index (χ2v) is 5.15. The van der Waals surface area contributed by atoms with Gasteiger partial charge in [0.15, 0.2) is 12.2 Å². The SMILES string of the molecule is Cc1ccc(-c2ocnc2CC2CC2)cc1Cl. The van der Waals surface area contributed by atoms with Crippen molar-refractivity contribution < 1.29 is 4.42 Å². The molecule has 0 amide bonds. The van der Waals surface area contributed by atoms with E-state index in [9.17, 15) is 0 Å². The van der Waals surface area contributed by atoms with Crippen LogP contribution < -0.4 is 0 Å². The van der Waals surface area contributed by atoms with Crippen LogP contribution in [0, 0.1) is 12.8 Å². The first kappa shape index (κ1) is 10.8. The van der Waals surface area contributed by atoms with Crippen molar-refractivity contribution in [1.29, 1.82) is 0 Å². The van der Waals surface area contributed by atoms with Crippen LogP contribution in [0.2, 0.25) is 5.02 Å². The van der Waals surface area contributed by atoms with Crippen LogP contribution in [0.3, 0.4) is 0 Å². The molecule has 3 heteroatoms. The summed E-state index contributed by atoms with van der Waals surface area (Å²) in [5.74, 6) is 1.68. The Morgan fingerprint density at radius 2 is 2.24 bits per heavy atom. The second kappa shape index (κ2) is 4.19. The number of halogens is 1. The molecule has 0 unspecified atom stereocenters. The first-order valence-corrected chi connectivity index (χ1v) is 6.30. The Morgan fingerprint density at radius 3 is 2.94 bits per heavy atom. The van der Waals surface area contributed by atoms with Gasteiger partial charge in [0.25, 0.3) is 0 Å². The number of rotatable bonds is 3. The Labute approximate surface area is 106 Å². The summed E-state index contributed by atoms with van der Waals surface area (Å²) in [5.41, 5.74) is 3.17. The third-order valence-corrected chi connectivity index (χ3v) is 3.66. The Morgan fingerprint density at radius 1 is 1.41 bits per heavy atom. The van der Waals surface area contributed by atoms with Gasteiger partial charge < -0.3 is 4.42 Å². The van der Waals surface area contributed by atoms with Gasteiger partial charge >= 0.3 is 0 Å². The molecule has 1 fully saturated rings. The number of benzene rings is 1. The fourth-order valence-electron chi connectivity index (χ4n) is 1.98. The predicted octanol–water partition coefficient (Wildman–Crippen LogP) is 4.26. The van der Waals surface area contributed by atoms with Crippen LogP contribution in [-0.4, -0.2) is 4.98 Å². The summed E-state index contributed by atoms with van der Waals surface area (Å²) in [6.07, 6.45) is 5.19. The molecule has 0 bridgehead atoms. The number of hydrogen-bond acceptors (Lipinski definition) is 2. The van der Waals surface area contributed by atoms with E-state index in [4.69, 9.17) is 16.0 Å². The minimum atomic E-state index is 0.774. The summed E-state index contributed by atoms with van der Waals surface area (Å²) in [4.78, 5) is 4.32. The first-order valence-electron chi connectivity index (χ1n) is 5.93. The van der Waals surface area contributed by atoms with E-state index in [0.717, 1.165) is 39.9 Å². The van der Waals surface area contributed by atoms with Crippen molar-refractivity contribution >= 4 is 11.6 Å². The number of nitrogens with zero attached hydrogens (tertiary/aromatic N) is 1. The molecule has 1 aliphatic carbocycles. The normalized spacial score (nSPS) is 15.2. The molecule has 0 spiro atoms. The van der Waals surface area contributed by atoms with Crippen LogP contribution in [0.25, 0.3) is 11.3 Å². The molecule has 1 heterocycles. The molecule has 88 valence electrons. The molecule has 0 radical (unpaired) electrons. The van der Waals surface area contributed by atoms with Crippen LogP contribution in [-0.2, 0) is 6.42 Å². The number of oxazole rings is 1. The summed E-state index contributed by atoms with van der Waals surface area (Å²) < 4.78 is 5.50.